The second kappa shape index (κ2) is 67.5. The number of carboxylic acid groups (broad SMARTS) is 1. The predicted octanol–water partition coefficient (Wildman–Crippen LogP) is 9.81. The molecule has 4 aromatic carbocycles. The number of aromatic nitrogens is 19. The number of nitrogen functional groups attached to an aromatic ring is 1. The van der Waals surface area contributed by atoms with Gasteiger partial charge in [-0.25, -0.2) is 67.1 Å². The Kier molecular flexibility index (Phi) is 54.8. The molecule has 0 aliphatic carbocycles. The van der Waals surface area contributed by atoms with Crippen molar-refractivity contribution in [1.29, 1.82) is 0 Å². The smallest absolute Gasteiger partial charge is 0.338 e. The summed E-state index contributed by atoms with van der Waals surface area (Å²) in [5.74, 6) is 5.08. The molecule has 0 bridgehead atoms. The largest absolute Gasteiger partial charge is 0.478 e. The zero-order valence-corrected chi connectivity index (χ0v) is 103. The first-order chi connectivity index (χ1) is 72.5. The van der Waals surface area contributed by atoms with Crippen molar-refractivity contribution in [1.82, 2.24) is 110 Å². The third-order valence-corrected chi connectivity index (χ3v) is 89.6. The fraction of sp³-hybridized carbons (Fsp3) is 0.197. The molecule has 0 saturated heterocycles. The SMILES string of the molecule is CC1CN(C(=O)c2cc(Cc3n[nH]c(=O)c4ccccc34)ccc2F)Cc2nnc(-c3ccc(F)cn3)n21.CC1CNCc2nnc(-c3ccc(F)cn3)n21.CC1CNCc2nnc(-c3ccc(F)cn3)n21.Cc1cncc(NN)n1.O=C(O)c1cc(Cc2n[nH]c(=O)c3ccccc23)ccc1F.O=Cc1ccc(F)cn1.S=S=S=S=S=S=S=S=S=S=S=S=S=S=S=S=S=S=S=S=S=S=S=S=S=S=S=S=S=S=S=S=S=S=S.[2H][2H].[HH]. The van der Waals surface area contributed by atoms with E-state index in [1.54, 1.807) is 174 Å². The van der Waals surface area contributed by atoms with Gasteiger partial charge in [-0.2, -0.15) is 10.2 Å². The molecule has 3 atom stereocenters. The van der Waals surface area contributed by atoms with E-state index < -0.39 is 35.1 Å². The number of rotatable bonds is 11. The number of nitrogens with two attached hydrogens (primary N) is 1. The molecule has 14 aromatic rings. The molecular weight excluding hydrogens is 2580 g/mol. The van der Waals surface area contributed by atoms with Gasteiger partial charge in [0, 0.05) is 381 Å². The summed E-state index contributed by atoms with van der Waals surface area (Å²) < 4.78 is 95.3. The van der Waals surface area contributed by atoms with Gasteiger partial charge in [-0.1, -0.05) is 48.5 Å². The van der Waals surface area contributed by atoms with Gasteiger partial charge in [0.05, 0.1) is 95.6 Å². The second-order valence-electron chi connectivity index (χ2n) is 27.8. The van der Waals surface area contributed by atoms with Gasteiger partial charge in [0.2, 0.25) is 0 Å². The molecule has 3 aliphatic rings. The van der Waals surface area contributed by atoms with Crippen molar-refractivity contribution in [3.63, 3.8) is 0 Å². The van der Waals surface area contributed by atoms with Crippen molar-refractivity contribution >= 4 is 361 Å². The van der Waals surface area contributed by atoms with Crippen LogP contribution in [0.15, 0.2) is 180 Å². The van der Waals surface area contributed by atoms with Crippen molar-refractivity contribution in [3.05, 3.63) is 289 Å². The Balaban J connectivity index is 0.000000203. The van der Waals surface area contributed by atoms with Crippen LogP contribution in [0.3, 0.4) is 0 Å². The van der Waals surface area contributed by atoms with E-state index in [2.05, 4.69) is 120 Å². The van der Waals surface area contributed by atoms with Crippen LogP contribution >= 0.6 is 0 Å². The number of amides is 1. The number of aryl methyl sites for hydroxylation is 1. The van der Waals surface area contributed by atoms with Gasteiger partial charge in [-0.05, 0) is 124 Å². The van der Waals surface area contributed by atoms with Gasteiger partial charge >= 0.3 is 5.97 Å². The molecule has 0 fully saturated rings. The van der Waals surface area contributed by atoms with Crippen LogP contribution in [-0.4, -0.2) is 142 Å². The van der Waals surface area contributed by atoms with Gasteiger partial charge < -0.3 is 39.8 Å². The van der Waals surface area contributed by atoms with Crippen LogP contribution in [0.4, 0.5) is 32.2 Å². The molecule has 0 saturated carbocycles. The summed E-state index contributed by atoms with van der Waals surface area (Å²) in [6, 6.07) is 34.1. The number of H-pyrrole nitrogens is 2. The molecule has 3 unspecified atom stereocenters. The summed E-state index contributed by atoms with van der Waals surface area (Å²) in [4.78, 5) is 83.2. The maximum Gasteiger partial charge on any atom is 0.338 e. The Bertz CT molecular complexity index is 8810. The van der Waals surface area contributed by atoms with Crippen molar-refractivity contribution in [2.75, 3.05) is 25.1 Å². The minimum absolute atomic E-state index is 0. The average molecular weight is 2660 g/mol. The van der Waals surface area contributed by atoms with Crippen molar-refractivity contribution in [2.24, 2.45) is 5.84 Å². The number of fused-ring (bicyclic) bond motifs is 5. The lowest BCUT2D eigenvalue weighted by molar-refractivity contribution is 0.0673. The van der Waals surface area contributed by atoms with Crippen LogP contribution in [0.5, 0.6) is 0 Å². The summed E-state index contributed by atoms with van der Waals surface area (Å²) in [6.07, 6.45) is 8.90. The number of anilines is 1. The van der Waals surface area contributed by atoms with Gasteiger partial charge in [0.15, 0.2) is 35.4 Å². The van der Waals surface area contributed by atoms with E-state index >= 15 is 0 Å². The zero-order valence-electron chi connectivity index (χ0n) is 76.3. The lowest BCUT2D eigenvalue weighted by Crippen LogP contribution is -2.41. The highest BCUT2D eigenvalue weighted by atomic mass is 33.5. The Morgan fingerprint density at radius 3 is 1.16 bits per heavy atom. The number of aromatic amines is 2. The number of hydrazine groups is 1. The fourth-order valence-corrected chi connectivity index (χ4v) is 97.8. The van der Waals surface area contributed by atoms with Crippen molar-refractivity contribution in [3.8, 4) is 34.6 Å². The first-order valence-electron chi connectivity index (χ1n) is 41.2. The Morgan fingerprint density at radius 1 is 0.463 bits per heavy atom. The standard InChI is InChI=1S/C27H21F2N7O2.C16H11FN2O3.2C11H12FN5.C6H4FNO.C5H8N4.S35.2H2/c1-15-13-35(14-24-32-33-25(36(15)24)22-9-7-17(28)12-30-22)27(38)20-10-16(6-8-21(20)29)11-23-18-4-2-3-5-19(18)26(37)34-31-23;17-13-6-5-9(7-12(13)16(21)22)8-14-10-3-1-2-4-11(10)15(20)19-18-14;2*1-7-4-13-6-10-15-16-11(17(7)10)9-3-2-8(12)5-14-9;7-5-1-2-6(4-9)8-3-5;1-4-2-7-3-5(8-4)9-6;1-3-5-7-9-11-13-15-17-19-21-23-25-27-29-31-33-35-34-32-30-28-26-24-22-20-18-16-14-12-10-8-6-4-2;;/h2-10,12,15H,11,13-14H2,1H3,(H,34,37);1-7H,8H2,(H,19,20)(H,21,22);2*2-3,5,7,13H,4,6H2,1H3;1-4H;2-3H,6H2,1H3,(H,8,9);;2*1H/i;;;;;;;1+1D;. The van der Waals surface area contributed by atoms with Gasteiger partial charge in [0.25, 0.3) is 17.0 Å². The first-order valence-corrected chi connectivity index (χ1v) is 85.5. The minimum atomic E-state index is -1.32. The Hall–Kier alpha value is -6.17. The number of aldehydes is 1. The number of carbonyl (C=O) groups excluding carboxylic acids is 2. The van der Waals surface area contributed by atoms with Crippen LogP contribution in [0.2, 0.25) is 0 Å². The third kappa shape index (κ3) is 40.3. The molecule has 13 heterocycles. The van der Waals surface area contributed by atoms with E-state index in [4.69, 9.17) is 36.3 Å². The summed E-state index contributed by atoms with van der Waals surface area (Å²) in [5.41, 5.74) is 6.74. The van der Waals surface area contributed by atoms with Gasteiger partial charge in [-0.15, -0.1) is 30.6 Å². The molecule has 71 heteroatoms. The normalized spacial score (nSPS) is 12.9. The summed E-state index contributed by atoms with van der Waals surface area (Å²) in [6.45, 7) is 11.5. The van der Waals surface area contributed by atoms with Crippen LogP contribution in [0.25, 0.3) is 56.1 Å². The van der Waals surface area contributed by atoms with E-state index in [1.165, 1.54) is 95.7 Å². The molecule has 784 valence electrons. The molecule has 17 rings (SSSR count). The molecular formula is C76H72F6N24O6S35. The monoisotopic (exact) mass is 2650 g/mol. The Labute approximate surface area is 940 Å². The molecule has 30 nitrogen and oxygen atoms in total. The second-order valence-corrected chi connectivity index (χ2v) is 86.2. The summed E-state index contributed by atoms with van der Waals surface area (Å²) >= 11 is 9.59. The number of carbonyl (C=O) groups is 3. The number of nitrogens with one attached hydrogen (secondary N) is 5. The molecule has 147 heavy (non-hydrogen) atoms. The number of pyridine rings is 4. The highest BCUT2D eigenvalue weighted by Gasteiger charge is 2.33. The number of carboxylic acids is 1. The molecule has 1 amide bonds. The quantitative estimate of drug-likeness (QED) is 0.0274. The topological polar surface area (TPSA) is 398 Å². The molecule has 10 aromatic heterocycles. The number of nitrogens with zero attached hydrogens (tertiary/aromatic N) is 18. The third-order valence-electron chi connectivity index (χ3n) is 18.5. The summed E-state index contributed by atoms with van der Waals surface area (Å²) in [5, 5.41) is 56.0. The van der Waals surface area contributed by atoms with Crippen molar-refractivity contribution < 1.29 is 50.2 Å². The van der Waals surface area contributed by atoms with Gasteiger partial charge in [-0.3, -0.25) is 29.1 Å². The molecule has 0 radical (unpaired) electrons. The van der Waals surface area contributed by atoms with E-state index in [0.29, 0.717) is 123 Å². The highest BCUT2D eigenvalue weighted by Crippen LogP contribution is 2.31. The molecule has 8 N–H and O–H groups in total. The number of hydrogen-bond acceptors (Lipinski definition) is 25. The van der Waals surface area contributed by atoms with E-state index in [0.717, 1.165) is 48.9 Å². The summed E-state index contributed by atoms with van der Waals surface area (Å²) in [7, 11) is 58.2. The van der Waals surface area contributed by atoms with E-state index in [9.17, 15) is 50.3 Å². The number of hydrogen-bond donors (Lipinski definition) is 7. The number of aromatic carboxylic acids is 1. The maximum atomic E-state index is 14.9. The highest BCUT2D eigenvalue weighted by molar-refractivity contribution is 8.80. The van der Waals surface area contributed by atoms with E-state index in [1.807, 2.05) is 199 Å². The first kappa shape index (κ1) is 119. The maximum absolute atomic E-state index is 14.9. The van der Waals surface area contributed by atoms with Crippen molar-refractivity contribution in [2.45, 2.75) is 78.3 Å². The average Bonchev–Trinajstić information content (AvgIpc) is 1.58. The van der Waals surface area contributed by atoms with Crippen LogP contribution < -0.4 is 33.0 Å². The van der Waals surface area contributed by atoms with Crippen LogP contribution in [0.1, 0.15) is 120 Å². The predicted molar refractivity (Wildman–Crippen MR) is 658 cm³/mol. The zero-order chi connectivity index (χ0) is 106. The molecule has 3 aliphatic heterocycles. The van der Waals surface area contributed by atoms with Crippen LogP contribution in [0, 0.1) is 41.8 Å². The lowest BCUT2D eigenvalue weighted by Gasteiger charge is -2.32. The minimum Gasteiger partial charge on any atom is -0.478 e. The van der Waals surface area contributed by atoms with Crippen LogP contribution in [-0.2, 0) is 348 Å². The van der Waals surface area contributed by atoms with Gasteiger partial charge in [0.1, 0.15) is 69.3 Å². The van der Waals surface area contributed by atoms with E-state index in [-0.39, 0.29) is 72.1 Å². The lowest BCUT2D eigenvalue weighted by atomic mass is 10.0. The molecule has 0 spiro atoms. The number of benzene rings is 4. The Morgan fingerprint density at radius 2 is 0.816 bits per heavy atom. The number of halogens is 6. The fourth-order valence-electron chi connectivity index (χ4n) is 12.7.